The minimum Gasteiger partial charge on any atom is -0.494 e. The van der Waals surface area contributed by atoms with E-state index in [0.29, 0.717) is 12.6 Å². The number of para-hydroxylation sites is 1. The number of thiophene rings is 1. The highest BCUT2D eigenvalue weighted by atomic mass is 32.1. The Bertz CT molecular complexity index is 688. The Hall–Kier alpha value is -1.40. The molecule has 0 amide bonds. The van der Waals surface area contributed by atoms with Crippen LogP contribution in [0.5, 0.6) is 5.75 Å². The molecule has 142 valence electrons. The predicted octanol–water partition coefficient (Wildman–Crippen LogP) is 3.52. The SMILES string of the molecule is CCOc1ccccc1CN1CCN(Cc2ccc(C)s2)CC1CCO. The van der Waals surface area contributed by atoms with E-state index in [-0.39, 0.29) is 6.61 Å². The third-order valence-corrected chi connectivity index (χ3v) is 5.96. The highest BCUT2D eigenvalue weighted by molar-refractivity contribution is 7.11. The third-order valence-electron chi connectivity index (χ3n) is 4.97. The second-order valence-corrected chi connectivity index (χ2v) is 8.30. The Labute approximate surface area is 161 Å². The van der Waals surface area contributed by atoms with Gasteiger partial charge in [0.15, 0.2) is 0 Å². The molecule has 1 aliphatic heterocycles. The normalized spacial score (nSPS) is 19.0. The molecule has 1 saturated heterocycles. The average molecular weight is 375 g/mol. The highest BCUT2D eigenvalue weighted by Gasteiger charge is 2.27. The molecule has 1 aliphatic rings. The Morgan fingerprint density at radius 2 is 2.00 bits per heavy atom. The Morgan fingerprint density at radius 3 is 2.73 bits per heavy atom. The van der Waals surface area contributed by atoms with Gasteiger partial charge in [0, 0.05) is 60.7 Å². The quantitative estimate of drug-likeness (QED) is 0.767. The number of aliphatic hydroxyl groups excluding tert-OH is 1. The van der Waals surface area contributed by atoms with Gasteiger partial charge in [-0.05, 0) is 38.5 Å². The Kier molecular flexibility index (Phi) is 7.08. The summed E-state index contributed by atoms with van der Waals surface area (Å²) < 4.78 is 5.79. The third kappa shape index (κ3) is 5.07. The van der Waals surface area contributed by atoms with Gasteiger partial charge in [-0.25, -0.2) is 0 Å². The molecule has 2 aromatic rings. The number of hydrogen-bond acceptors (Lipinski definition) is 5. The van der Waals surface area contributed by atoms with Crippen molar-refractivity contribution in [2.45, 2.75) is 39.4 Å². The monoisotopic (exact) mass is 374 g/mol. The molecule has 0 spiro atoms. The zero-order valence-corrected chi connectivity index (χ0v) is 16.7. The number of aliphatic hydroxyl groups is 1. The molecule has 1 atom stereocenters. The maximum Gasteiger partial charge on any atom is 0.123 e. The summed E-state index contributed by atoms with van der Waals surface area (Å²) in [6.07, 6.45) is 0.816. The van der Waals surface area contributed by atoms with Gasteiger partial charge in [0.25, 0.3) is 0 Å². The average Bonchev–Trinajstić information content (AvgIpc) is 3.04. The van der Waals surface area contributed by atoms with Crippen LogP contribution in [-0.2, 0) is 13.1 Å². The van der Waals surface area contributed by atoms with Crippen molar-refractivity contribution in [3.05, 3.63) is 51.7 Å². The van der Waals surface area contributed by atoms with Crippen LogP contribution in [0, 0.1) is 6.92 Å². The van der Waals surface area contributed by atoms with Gasteiger partial charge in [-0.2, -0.15) is 0 Å². The van der Waals surface area contributed by atoms with Gasteiger partial charge in [0.2, 0.25) is 0 Å². The van der Waals surface area contributed by atoms with E-state index in [4.69, 9.17) is 4.74 Å². The van der Waals surface area contributed by atoms with Crippen LogP contribution in [0.3, 0.4) is 0 Å². The van der Waals surface area contributed by atoms with Crippen molar-refractivity contribution in [1.29, 1.82) is 0 Å². The molecule has 1 unspecified atom stereocenters. The van der Waals surface area contributed by atoms with E-state index in [2.05, 4.69) is 47.1 Å². The number of ether oxygens (including phenoxy) is 1. The van der Waals surface area contributed by atoms with Gasteiger partial charge >= 0.3 is 0 Å². The van der Waals surface area contributed by atoms with E-state index in [1.54, 1.807) is 0 Å². The summed E-state index contributed by atoms with van der Waals surface area (Å²) in [6, 6.07) is 13.1. The zero-order chi connectivity index (χ0) is 18.4. The lowest BCUT2D eigenvalue weighted by Crippen LogP contribution is -2.52. The van der Waals surface area contributed by atoms with Gasteiger partial charge in [-0.15, -0.1) is 11.3 Å². The molecular weight excluding hydrogens is 344 g/mol. The van der Waals surface area contributed by atoms with E-state index in [0.717, 1.165) is 44.9 Å². The smallest absolute Gasteiger partial charge is 0.123 e. The lowest BCUT2D eigenvalue weighted by Gasteiger charge is -2.41. The first-order chi connectivity index (χ1) is 12.7. The first kappa shape index (κ1) is 19.4. The second kappa shape index (κ2) is 9.51. The molecule has 5 heteroatoms. The van der Waals surface area contributed by atoms with Gasteiger partial charge in [0.1, 0.15) is 5.75 Å². The van der Waals surface area contributed by atoms with Gasteiger partial charge in [0.05, 0.1) is 6.61 Å². The lowest BCUT2D eigenvalue weighted by atomic mass is 10.1. The molecule has 3 rings (SSSR count). The van der Waals surface area contributed by atoms with Crippen LogP contribution in [0.1, 0.15) is 28.7 Å². The first-order valence-corrected chi connectivity index (χ1v) is 10.3. The van der Waals surface area contributed by atoms with Crippen LogP contribution in [0.2, 0.25) is 0 Å². The van der Waals surface area contributed by atoms with Crippen LogP contribution in [0.15, 0.2) is 36.4 Å². The number of piperazine rings is 1. The fraction of sp³-hybridized carbons (Fsp3) is 0.524. The summed E-state index contributed by atoms with van der Waals surface area (Å²) in [5.74, 6) is 0.981. The molecule has 1 N–H and O–H groups in total. The summed E-state index contributed by atoms with van der Waals surface area (Å²) >= 11 is 1.89. The van der Waals surface area contributed by atoms with E-state index in [1.807, 2.05) is 24.3 Å². The van der Waals surface area contributed by atoms with Crippen LogP contribution in [0.4, 0.5) is 0 Å². The van der Waals surface area contributed by atoms with Gasteiger partial charge in [-0.3, -0.25) is 9.80 Å². The summed E-state index contributed by atoms with van der Waals surface area (Å²) in [7, 11) is 0. The molecule has 1 aromatic heterocycles. The van der Waals surface area contributed by atoms with Crippen LogP contribution in [0.25, 0.3) is 0 Å². The number of aryl methyl sites for hydroxylation is 1. The molecule has 26 heavy (non-hydrogen) atoms. The van der Waals surface area contributed by atoms with Crippen LogP contribution >= 0.6 is 11.3 Å². The molecule has 0 radical (unpaired) electrons. The van der Waals surface area contributed by atoms with E-state index >= 15 is 0 Å². The molecule has 0 bridgehead atoms. The van der Waals surface area contributed by atoms with Gasteiger partial charge < -0.3 is 9.84 Å². The van der Waals surface area contributed by atoms with E-state index in [9.17, 15) is 5.11 Å². The Balaban J connectivity index is 1.65. The minimum atomic E-state index is 0.236. The van der Waals surface area contributed by atoms with Crippen molar-refractivity contribution in [3.8, 4) is 5.75 Å². The Morgan fingerprint density at radius 1 is 1.15 bits per heavy atom. The van der Waals surface area contributed by atoms with Crippen LogP contribution < -0.4 is 4.74 Å². The maximum atomic E-state index is 9.55. The van der Waals surface area contributed by atoms with Crippen molar-refractivity contribution in [1.82, 2.24) is 9.80 Å². The molecular formula is C21H30N2O2S. The molecule has 1 fully saturated rings. The molecule has 1 aromatic carbocycles. The fourth-order valence-corrected chi connectivity index (χ4v) is 4.60. The maximum absolute atomic E-state index is 9.55. The zero-order valence-electron chi connectivity index (χ0n) is 15.9. The minimum absolute atomic E-state index is 0.236. The van der Waals surface area contributed by atoms with Crippen molar-refractivity contribution < 1.29 is 9.84 Å². The number of nitrogens with zero attached hydrogens (tertiary/aromatic N) is 2. The van der Waals surface area contributed by atoms with E-state index < -0.39 is 0 Å². The fourth-order valence-electron chi connectivity index (χ4n) is 3.67. The van der Waals surface area contributed by atoms with Crippen LogP contribution in [-0.4, -0.2) is 53.8 Å². The van der Waals surface area contributed by atoms with E-state index in [1.165, 1.54) is 15.3 Å². The molecule has 0 aliphatic carbocycles. The first-order valence-electron chi connectivity index (χ1n) is 9.53. The summed E-state index contributed by atoms with van der Waals surface area (Å²) in [5.41, 5.74) is 1.24. The topological polar surface area (TPSA) is 35.9 Å². The molecule has 2 heterocycles. The number of benzene rings is 1. The summed E-state index contributed by atoms with van der Waals surface area (Å²) in [6.45, 7) is 10.1. The molecule has 4 nitrogen and oxygen atoms in total. The van der Waals surface area contributed by atoms with Crippen molar-refractivity contribution >= 4 is 11.3 Å². The summed E-state index contributed by atoms with van der Waals surface area (Å²) in [5, 5.41) is 9.55. The standard InChI is InChI=1S/C21H30N2O2S/c1-3-25-21-7-5-4-6-18(21)14-23-12-11-22(15-19(23)10-13-24)16-20-9-8-17(2)26-20/h4-9,19,24H,3,10-16H2,1-2H3. The van der Waals surface area contributed by atoms with Crippen molar-refractivity contribution in [2.24, 2.45) is 0 Å². The summed E-state index contributed by atoms with van der Waals surface area (Å²) in [4.78, 5) is 7.83. The lowest BCUT2D eigenvalue weighted by molar-refractivity contribution is 0.0499. The highest BCUT2D eigenvalue weighted by Crippen LogP contribution is 2.25. The number of rotatable bonds is 8. The number of hydrogen-bond donors (Lipinski definition) is 1. The molecule has 0 saturated carbocycles. The van der Waals surface area contributed by atoms with Crippen molar-refractivity contribution in [3.63, 3.8) is 0 Å². The largest absolute Gasteiger partial charge is 0.494 e. The second-order valence-electron chi connectivity index (χ2n) is 6.92. The van der Waals surface area contributed by atoms with Gasteiger partial charge in [-0.1, -0.05) is 18.2 Å². The van der Waals surface area contributed by atoms with Crippen molar-refractivity contribution in [2.75, 3.05) is 32.8 Å². The predicted molar refractivity (Wildman–Crippen MR) is 108 cm³/mol.